The molecule has 1 heterocycles. The number of nitrogens with zero attached hydrogens (tertiary/aromatic N) is 1. The first-order valence-corrected chi connectivity index (χ1v) is 9.53. The van der Waals surface area contributed by atoms with Crippen molar-refractivity contribution in [3.63, 3.8) is 0 Å². The van der Waals surface area contributed by atoms with E-state index in [0.717, 1.165) is 0 Å². The van der Waals surface area contributed by atoms with Gasteiger partial charge < -0.3 is 5.73 Å². The molecule has 0 fully saturated rings. The second-order valence-corrected chi connectivity index (χ2v) is 8.46. The van der Waals surface area contributed by atoms with Crippen molar-refractivity contribution in [2.24, 2.45) is 0 Å². The first-order valence-electron chi connectivity index (χ1n) is 5.29. The summed E-state index contributed by atoms with van der Waals surface area (Å²) in [4.78, 5) is 3.91. The zero-order chi connectivity index (χ0) is 15.8. The normalized spacial score (nSPS) is 11.4. The Kier molecular flexibility index (Phi) is 5.19. The van der Waals surface area contributed by atoms with Gasteiger partial charge in [-0.25, -0.2) is 13.4 Å². The van der Waals surface area contributed by atoms with Gasteiger partial charge in [-0.3, -0.25) is 4.72 Å². The molecule has 0 radical (unpaired) electrons. The van der Waals surface area contributed by atoms with Crippen LogP contribution in [-0.2, 0) is 10.0 Å². The number of benzene rings is 1. The van der Waals surface area contributed by atoms with E-state index in [1.165, 1.54) is 24.4 Å². The molecule has 0 amide bonds. The standard InChI is InChI=1S/C11H7Br3ClN3O2S/c12-7-1-5(16)2-8(13)10(7)21(19,20)18-6-3-9(14)11(15)17-4-6/h1-4,18H,16H2. The summed E-state index contributed by atoms with van der Waals surface area (Å²) in [7, 11) is -3.82. The van der Waals surface area contributed by atoms with Crippen molar-refractivity contribution in [3.05, 3.63) is 43.0 Å². The average Bonchev–Trinajstić information content (AvgIpc) is 2.31. The molecule has 5 nitrogen and oxygen atoms in total. The number of hydrogen-bond acceptors (Lipinski definition) is 4. The molecule has 0 unspecified atom stereocenters. The smallest absolute Gasteiger partial charge is 0.264 e. The number of pyridine rings is 1. The fraction of sp³-hybridized carbons (Fsp3) is 0. The van der Waals surface area contributed by atoms with E-state index in [-0.39, 0.29) is 15.7 Å². The fourth-order valence-corrected chi connectivity index (χ4v) is 5.63. The van der Waals surface area contributed by atoms with Crippen LogP contribution in [0.5, 0.6) is 0 Å². The third-order valence-electron chi connectivity index (χ3n) is 2.34. The van der Waals surface area contributed by atoms with Crippen molar-refractivity contribution < 1.29 is 8.42 Å². The van der Waals surface area contributed by atoms with E-state index >= 15 is 0 Å². The molecule has 1 aromatic carbocycles. The molecular weight excluding hydrogens is 513 g/mol. The Labute approximate surface area is 151 Å². The van der Waals surface area contributed by atoms with Gasteiger partial charge in [0, 0.05) is 14.6 Å². The Balaban J connectivity index is 2.46. The Morgan fingerprint density at radius 3 is 2.19 bits per heavy atom. The third-order valence-corrected chi connectivity index (χ3v) is 6.73. The van der Waals surface area contributed by atoms with Gasteiger partial charge in [0.05, 0.1) is 16.4 Å². The molecule has 2 aromatic rings. The summed E-state index contributed by atoms with van der Waals surface area (Å²) < 4.78 is 28.5. The molecule has 0 aliphatic carbocycles. The summed E-state index contributed by atoms with van der Waals surface area (Å²) in [6.45, 7) is 0. The number of rotatable bonds is 3. The maximum absolute atomic E-state index is 12.5. The van der Waals surface area contributed by atoms with Crippen molar-refractivity contribution >= 4 is 80.8 Å². The Hall–Kier alpha value is -0.350. The minimum atomic E-state index is -3.82. The predicted octanol–water partition coefficient (Wildman–Crippen LogP) is 4.41. The number of nitrogen functional groups attached to an aromatic ring is 1. The highest BCUT2D eigenvalue weighted by Gasteiger charge is 2.22. The van der Waals surface area contributed by atoms with Gasteiger partial charge in [0.1, 0.15) is 10.0 Å². The number of sulfonamides is 1. The summed E-state index contributed by atoms with van der Waals surface area (Å²) in [6.07, 6.45) is 1.32. The van der Waals surface area contributed by atoms with E-state index < -0.39 is 10.0 Å². The van der Waals surface area contributed by atoms with Crippen LogP contribution in [0.1, 0.15) is 0 Å². The van der Waals surface area contributed by atoms with Gasteiger partial charge in [0.15, 0.2) is 0 Å². The first-order chi connectivity index (χ1) is 9.70. The van der Waals surface area contributed by atoms with Crippen molar-refractivity contribution in [2.75, 3.05) is 10.5 Å². The summed E-state index contributed by atoms with van der Waals surface area (Å²) in [5, 5.41) is 0.243. The minimum absolute atomic E-state index is 0.0442. The monoisotopic (exact) mass is 517 g/mol. The lowest BCUT2D eigenvalue weighted by Crippen LogP contribution is -2.14. The molecule has 0 saturated heterocycles. The molecular formula is C11H7Br3ClN3O2S. The molecule has 2 rings (SSSR count). The predicted molar refractivity (Wildman–Crippen MR) is 94.0 cm³/mol. The van der Waals surface area contributed by atoms with E-state index in [1.807, 2.05) is 0 Å². The Bertz CT molecular complexity index is 791. The molecule has 112 valence electrons. The van der Waals surface area contributed by atoms with Crippen LogP contribution in [0.25, 0.3) is 0 Å². The summed E-state index contributed by atoms with van der Waals surface area (Å²) in [5.41, 5.74) is 6.37. The molecule has 1 aromatic heterocycles. The van der Waals surface area contributed by atoms with E-state index in [9.17, 15) is 8.42 Å². The van der Waals surface area contributed by atoms with Crippen LogP contribution in [0.4, 0.5) is 11.4 Å². The molecule has 0 atom stereocenters. The number of aromatic nitrogens is 1. The van der Waals surface area contributed by atoms with Crippen molar-refractivity contribution in [2.45, 2.75) is 4.90 Å². The van der Waals surface area contributed by atoms with Gasteiger partial charge in [0.25, 0.3) is 10.0 Å². The number of halogens is 4. The van der Waals surface area contributed by atoms with Gasteiger partial charge in [0.2, 0.25) is 0 Å². The van der Waals surface area contributed by atoms with E-state index in [1.54, 1.807) is 0 Å². The molecule has 0 saturated carbocycles. The molecule has 10 heteroatoms. The summed E-state index contributed by atoms with van der Waals surface area (Å²) in [6, 6.07) is 4.54. The van der Waals surface area contributed by atoms with Crippen LogP contribution in [0, 0.1) is 0 Å². The van der Waals surface area contributed by atoms with Crippen LogP contribution in [-0.4, -0.2) is 13.4 Å². The summed E-state index contributed by atoms with van der Waals surface area (Å²) >= 11 is 15.4. The molecule has 0 spiro atoms. The van der Waals surface area contributed by atoms with Crippen molar-refractivity contribution in [3.8, 4) is 0 Å². The van der Waals surface area contributed by atoms with Crippen molar-refractivity contribution in [1.82, 2.24) is 4.98 Å². The van der Waals surface area contributed by atoms with Gasteiger partial charge in [-0.2, -0.15) is 0 Å². The van der Waals surface area contributed by atoms with Gasteiger partial charge in [-0.15, -0.1) is 0 Å². The van der Waals surface area contributed by atoms with Crippen LogP contribution < -0.4 is 10.5 Å². The van der Waals surface area contributed by atoms with Gasteiger partial charge in [-0.1, -0.05) is 11.6 Å². The van der Waals surface area contributed by atoms with Crippen LogP contribution in [0.2, 0.25) is 5.15 Å². The molecule has 0 bridgehead atoms. The van der Waals surface area contributed by atoms with Crippen molar-refractivity contribution in [1.29, 1.82) is 0 Å². The second-order valence-electron chi connectivity index (χ2n) is 3.92. The zero-order valence-electron chi connectivity index (χ0n) is 10.1. The van der Waals surface area contributed by atoms with Crippen LogP contribution in [0.15, 0.2) is 42.7 Å². The number of nitrogens with two attached hydrogens (primary N) is 1. The molecule has 0 aliphatic heterocycles. The fourth-order valence-electron chi connectivity index (χ4n) is 1.52. The van der Waals surface area contributed by atoms with Gasteiger partial charge in [-0.05, 0) is 66.0 Å². The zero-order valence-corrected chi connectivity index (χ0v) is 16.4. The van der Waals surface area contributed by atoms with Crippen LogP contribution in [0.3, 0.4) is 0 Å². The quantitative estimate of drug-likeness (QED) is 0.464. The van der Waals surface area contributed by atoms with Gasteiger partial charge >= 0.3 is 0 Å². The lowest BCUT2D eigenvalue weighted by molar-refractivity contribution is 0.600. The Morgan fingerprint density at radius 1 is 1.10 bits per heavy atom. The largest absolute Gasteiger partial charge is 0.399 e. The highest BCUT2D eigenvalue weighted by Crippen LogP contribution is 2.34. The number of nitrogens with one attached hydrogen (secondary N) is 1. The topological polar surface area (TPSA) is 85.1 Å². The lowest BCUT2D eigenvalue weighted by Gasteiger charge is -2.12. The molecule has 0 aliphatic rings. The average molecular weight is 520 g/mol. The molecule has 3 N–H and O–H groups in total. The number of anilines is 2. The Morgan fingerprint density at radius 2 is 1.67 bits per heavy atom. The highest BCUT2D eigenvalue weighted by atomic mass is 79.9. The maximum atomic E-state index is 12.5. The summed E-state index contributed by atoms with van der Waals surface area (Å²) in [5.74, 6) is 0. The lowest BCUT2D eigenvalue weighted by atomic mass is 10.3. The highest BCUT2D eigenvalue weighted by molar-refractivity contribution is 9.11. The van der Waals surface area contributed by atoms with E-state index in [2.05, 4.69) is 57.5 Å². The number of hydrogen-bond donors (Lipinski definition) is 2. The maximum Gasteiger partial charge on any atom is 0.264 e. The van der Waals surface area contributed by atoms with Crippen LogP contribution >= 0.6 is 59.4 Å². The SMILES string of the molecule is Nc1cc(Br)c(S(=O)(=O)Nc2cnc(Cl)c(Br)c2)c(Br)c1. The van der Waals surface area contributed by atoms with E-state index in [0.29, 0.717) is 19.1 Å². The first kappa shape index (κ1) is 17.0. The second kappa shape index (κ2) is 6.41. The molecule has 21 heavy (non-hydrogen) atoms. The third kappa shape index (κ3) is 3.89. The van der Waals surface area contributed by atoms with E-state index in [4.69, 9.17) is 17.3 Å². The minimum Gasteiger partial charge on any atom is -0.399 e.